The number of benzene rings is 1. The van der Waals surface area contributed by atoms with Gasteiger partial charge in [-0.3, -0.25) is 4.79 Å². The van der Waals surface area contributed by atoms with Gasteiger partial charge in [0, 0.05) is 18.1 Å². The molecule has 4 nitrogen and oxygen atoms in total. The van der Waals surface area contributed by atoms with E-state index in [9.17, 15) is 9.18 Å². The van der Waals surface area contributed by atoms with Crippen LogP contribution in [0.1, 0.15) is 0 Å². The van der Waals surface area contributed by atoms with Gasteiger partial charge in [0.1, 0.15) is 5.82 Å². The van der Waals surface area contributed by atoms with Gasteiger partial charge in [0.25, 0.3) is 0 Å². The zero-order chi connectivity index (χ0) is 12.7. The summed E-state index contributed by atoms with van der Waals surface area (Å²) in [4.78, 5) is 11.3. The molecule has 1 aromatic rings. The zero-order valence-corrected chi connectivity index (χ0v) is 11.0. The van der Waals surface area contributed by atoms with Gasteiger partial charge in [-0.25, -0.2) is 4.39 Å². The number of rotatable bonds is 6. The van der Waals surface area contributed by atoms with Crippen LogP contribution in [0.15, 0.2) is 22.7 Å². The third-order valence-electron chi connectivity index (χ3n) is 2.00. The molecule has 0 saturated carbocycles. The molecule has 0 bridgehead atoms. The maximum absolute atomic E-state index is 12.9. The minimum atomic E-state index is -0.351. The van der Waals surface area contributed by atoms with Gasteiger partial charge >= 0.3 is 0 Å². The molecule has 2 N–H and O–H groups in total. The molecule has 0 fully saturated rings. The molecule has 0 spiro atoms. The van der Waals surface area contributed by atoms with Gasteiger partial charge in [0.05, 0.1) is 18.8 Å². The van der Waals surface area contributed by atoms with E-state index in [-0.39, 0.29) is 18.3 Å². The first-order valence-corrected chi connectivity index (χ1v) is 5.87. The number of methoxy groups -OCH3 is 1. The molecule has 0 unspecified atom stereocenters. The average molecular weight is 305 g/mol. The van der Waals surface area contributed by atoms with Crippen LogP contribution in [0.3, 0.4) is 0 Å². The topological polar surface area (TPSA) is 50.4 Å². The van der Waals surface area contributed by atoms with E-state index >= 15 is 0 Å². The van der Waals surface area contributed by atoms with Gasteiger partial charge in [-0.15, -0.1) is 0 Å². The summed E-state index contributed by atoms with van der Waals surface area (Å²) < 4.78 is 18.5. The first-order valence-electron chi connectivity index (χ1n) is 5.08. The van der Waals surface area contributed by atoms with E-state index in [0.717, 1.165) is 0 Å². The number of hydrogen-bond acceptors (Lipinski definition) is 3. The van der Waals surface area contributed by atoms with Crippen LogP contribution in [0.25, 0.3) is 0 Å². The molecule has 0 heterocycles. The number of nitrogens with one attached hydrogen (secondary N) is 2. The maximum atomic E-state index is 12.9. The van der Waals surface area contributed by atoms with Crippen molar-refractivity contribution in [1.29, 1.82) is 0 Å². The predicted molar refractivity (Wildman–Crippen MR) is 67.5 cm³/mol. The lowest BCUT2D eigenvalue weighted by Crippen LogP contribution is -2.32. The van der Waals surface area contributed by atoms with Gasteiger partial charge in [-0.2, -0.15) is 0 Å². The lowest BCUT2D eigenvalue weighted by molar-refractivity contribution is -0.119. The first kappa shape index (κ1) is 13.9. The summed E-state index contributed by atoms with van der Waals surface area (Å²) in [6.45, 7) is 1.02. The van der Waals surface area contributed by atoms with Gasteiger partial charge < -0.3 is 15.4 Å². The Morgan fingerprint density at radius 1 is 1.53 bits per heavy atom. The van der Waals surface area contributed by atoms with Crippen molar-refractivity contribution in [2.75, 3.05) is 32.1 Å². The zero-order valence-electron chi connectivity index (χ0n) is 9.43. The summed E-state index contributed by atoms with van der Waals surface area (Å²) in [5.41, 5.74) is 0.548. The number of carbonyl (C=O) groups excluding carboxylic acids is 1. The minimum absolute atomic E-state index is 0.0891. The number of amides is 1. The molecular weight excluding hydrogens is 291 g/mol. The van der Waals surface area contributed by atoms with E-state index in [1.165, 1.54) is 12.1 Å². The van der Waals surface area contributed by atoms with E-state index in [1.807, 2.05) is 0 Å². The van der Waals surface area contributed by atoms with E-state index in [0.29, 0.717) is 23.3 Å². The summed E-state index contributed by atoms with van der Waals surface area (Å²) in [7, 11) is 1.56. The monoisotopic (exact) mass is 304 g/mol. The van der Waals surface area contributed by atoms with E-state index in [4.69, 9.17) is 4.74 Å². The Morgan fingerprint density at radius 3 is 3.00 bits per heavy atom. The van der Waals surface area contributed by atoms with Crippen molar-refractivity contribution < 1.29 is 13.9 Å². The van der Waals surface area contributed by atoms with Crippen molar-refractivity contribution >= 4 is 27.5 Å². The smallest absolute Gasteiger partial charge is 0.239 e. The van der Waals surface area contributed by atoms with Crippen LogP contribution >= 0.6 is 15.9 Å². The van der Waals surface area contributed by atoms with Crippen LogP contribution in [0.5, 0.6) is 0 Å². The Balaban J connectivity index is 2.39. The Kier molecular flexibility index (Phi) is 5.93. The van der Waals surface area contributed by atoms with Crippen LogP contribution in [-0.2, 0) is 9.53 Å². The molecule has 0 radical (unpaired) electrons. The summed E-state index contributed by atoms with van der Waals surface area (Å²) >= 11 is 3.26. The van der Waals surface area contributed by atoms with Crippen molar-refractivity contribution in [1.82, 2.24) is 5.32 Å². The third-order valence-corrected chi connectivity index (χ3v) is 2.69. The molecule has 94 valence electrons. The van der Waals surface area contributed by atoms with Gasteiger partial charge in [0.15, 0.2) is 0 Å². The van der Waals surface area contributed by atoms with E-state index in [2.05, 4.69) is 26.6 Å². The second-order valence-corrected chi connectivity index (χ2v) is 4.17. The highest BCUT2D eigenvalue weighted by Crippen LogP contribution is 2.22. The van der Waals surface area contributed by atoms with Crippen LogP contribution in [0, 0.1) is 5.82 Å². The average Bonchev–Trinajstić information content (AvgIpc) is 2.31. The van der Waals surface area contributed by atoms with Crippen LogP contribution < -0.4 is 10.6 Å². The van der Waals surface area contributed by atoms with Gasteiger partial charge in [-0.05, 0) is 34.1 Å². The molecule has 0 aromatic heterocycles. The van der Waals surface area contributed by atoms with Crippen LogP contribution in [-0.4, -0.2) is 32.7 Å². The molecule has 0 aliphatic rings. The maximum Gasteiger partial charge on any atom is 0.239 e. The molecule has 0 saturated heterocycles. The van der Waals surface area contributed by atoms with Crippen molar-refractivity contribution in [2.24, 2.45) is 0 Å². The number of hydrogen-bond donors (Lipinski definition) is 2. The highest BCUT2D eigenvalue weighted by molar-refractivity contribution is 9.10. The fraction of sp³-hybridized carbons (Fsp3) is 0.364. The SMILES string of the molecule is COCCNC(=O)CNc1cc(F)ccc1Br. The van der Waals surface area contributed by atoms with Crippen molar-refractivity contribution in [3.63, 3.8) is 0 Å². The van der Waals surface area contributed by atoms with E-state index in [1.54, 1.807) is 13.2 Å². The van der Waals surface area contributed by atoms with Gasteiger partial charge in [-0.1, -0.05) is 0 Å². The highest BCUT2D eigenvalue weighted by atomic mass is 79.9. The van der Waals surface area contributed by atoms with Crippen LogP contribution in [0.4, 0.5) is 10.1 Å². The molecule has 0 aliphatic carbocycles. The molecule has 1 aromatic carbocycles. The Hall–Kier alpha value is -1.14. The van der Waals surface area contributed by atoms with Gasteiger partial charge in [0.2, 0.25) is 5.91 Å². The number of ether oxygens (including phenoxy) is 1. The van der Waals surface area contributed by atoms with Crippen LogP contribution in [0.2, 0.25) is 0 Å². The second kappa shape index (κ2) is 7.24. The summed E-state index contributed by atoms with van der Waals surface area (Å²) in [6, 6.07) is 4.25. The van der Waals surface area contributed by atoms with Crippen molar-refractivity contribution in [2.45, 2.75) is 0 Å². The molecule has 0 atom stereocenters. The standard InChI is InChI=1S/C11H14BrFN2O2/c1-17-5-4-14-11(16)7-15-10-6-8(13)2-3-9(10)12/h2-3,6,15H,4-5,7H2,1H3,(H,14,16). The Bertz CT molecular complexity index is 388. The normalized spacial score (nSPS) is 10.1. The molecular formula is C11H14BrFN2O2. The fourth-order valence-electron chi connectivity index (χ4n) is 1.16. The lowest BCUT2D eigenvalue weighted by Gasteiger charge is -2.09. The third kappa shape index (κ3) is 5.14. The summed E-state index contributed by atoms with van der Waals surface area (Å²) in [5.74, 6) is -0.520. The number of halogens is 2. The predicted octanol–water partition coefficient (Wildman–Crippen LogP) is 1.76. The highest BCUT2D eigenvalue weighted by Gasteiger charge is 2.04. The second-order valence-electron chi connectivity index (χ2n) is 3.32. The van der Waals surface area contributed by atoms with E-state index < -0.39 is 0 Å². The Morgan fingerprint density at radius 2 is 2.29 bits per heavy atom. The summed E-state index contributed by atoms with van der Waals surface area (Å²) in [6.07, 6.45) is 0. The molecule has 17 heavy (non-hydrogen) atoms. The lowest BCUT2D eigenvalue weighted by atomic mass is 10.3. The quantitative estimate of drug-likeness (QED) is 0.788. The molecule has 6 heteroatoms. The first-order chi connectivity index (χ1) is 8.13. The number of carbonyl (C=O) groups is 1. The fourth-order valence-corrected chi connectivity index (χ4v) is 1.55. The molecule has 0 aliphatic heterocycles. The van der Waals surface area contributed by atoms with Crippen molar-refractivity contribution in [3.05, 3.63) is 28.5 Å². The molecule has 1 amide bonds. The largest absolute Gasteiger partial charge is 0.383 e. The minimum Gasteiger partial charge on any atom is -0.383 e. The molecule has 1 rings (SSSR count). The number of anilines is 1. The summed E-state index contributed by atoms with van der Waals surface area (Å²) in [5, 5.41) is 5.49. The van der Waals surface area contributed by atoms with Crippen molar-refractivity contribution in [3.8, 4) is 0 Å². The Labute approximate surface area is 108 Å².